The number of hydrogen-bond donors (Lipinski definition) is 0. The van der Waals surface area contributed by atoms with Crippen LogP contribution in [-0.4, -0.2) is 18.7 Å². The first-order chi connectivity index (χ1) is 8.56. The first kappa shape index (κ1) is 22.2. The van der Waals surface area contributed by atoms with E-state index in [0.717, 1.165) is 19.3 Å². The van der Waals surface area contributed by atoms with Crippen molar-refractivity contribution in [1.29, 1.82) is 0 Å². The van der Waals surface area contributed by atoms with Crippen LogP contribution in [0.5, 0.6) is 0 Å². The molecule has 0 saturated carbocycles. The van der Waals surface area contributed by atoms with Crippen LogP contribution in [0.25, 0.3) is 0 Å². The molecule has 0 heterocycles. The van der Waals surface area contributed by atoms with Crippen LogP contribution in [0.2, 0.25) is 0 Å². The minimum atomic E-state index is -4.04. The SMILES string of the molecule is CCCCCCCCCCCC[CH]CS(=O)(=O)[O-].[Na+]. The van der Waals surface area contributed by atoms with Gasteiger partial charge in [0.05, 0.1) is 10.1 Å². The summed E-state index contributed by atoms with van der Waals surface area (Å²) in [4.78, 5) is 0. The van der Waals surface area contributed by atoms with Crippen molar-refractivity contribution in [3.05, 3.63) is 6.42 Å². The Bertz CT molecular complexity index is 266. The molecular formula is C14H28NaO3S. The Morgan fingerprint density at radius 3 is 1.68 bits per heavy atom. The molecule has 0 aromatic rings. The van der Waals surface area contributed by atoms with Gasteiger partial charge in [0.2, 0.25) is 0 Å². The monoisotopic (exact) mass is 299 g/mol. The molecule has 0 saturated heterocycles. The maximum atomic E-state index is 10.3. The van der Waals surface area contributed by atoms with Crippen LogP contribution >= 0.6 is 0 Å². The topological polar surface area (TPSA) is 57.2 Å². The minimum absolute atomic E-state index is 0. The van der Waals surface area contributed by atoms with E-state index in [1.165, 1.54) is 51.4 Å². The summed E-state index contributed by atoms with van der Waals surface area (Å²) in [6, 6.07) is 0. The van der Waals surface area contributed by atoms with Gasteiger partial charge in [0, 0.05) is 5.75 Å². The number of hydrogen-bond acceptors (Lipinski definition) is 3. The molecule has 0 aliphatic rings. The van der Waals surface area contributed by atoms with Gasteiger partial charge in [-0.05, 0) is 12.8 Å². The molecule has 0 N–H and O–H groups in total. The fourth-order valence-electron chi connectivity index (χ4n) is 2.00. The van der Waals surface area contributed by atoms with Crippen molar-refractivity contribution in [2.24, 2.45) is 0 Å². The molecule has 0 spiro atoms. The minimum Gasteiger partial charge on any atom is -0.748 e. The second-order valence-electron chi connectivity index (χ2n) is 4.98. The number of unbranched alkanes of at least 4 members (excludes halogenated alkanes) is 11. The summed E-state index contributed by atoms with van der Waals surface area (Å²) in [5.41, 5.74) is 0. The van der Waals surface area contributed by atoms with Crippen molar-refractivity contribution in [3.63, 3.8) is 0 Å². The molecule has 1 radical (unpaired) electrons. The predicted octanol–water partition coefficient (Wildman–Crippen LogP) is 1.05. The van der Waals surface area contributed by atoms with Crippen LogP contribution in [0.15, 0.2) is 0 Å². The Morgan fingerprint density at radius 1 is 0.842 bits per heavy atom. The standard InChI is InChI=1S/C14H29O3S.Na/c1-2-3-4-5-6-7-8-9-10-11-12-13-14-18(15,16)17;/h13H,2-12,14H2,1H3,(H,15,16,17);/q;+1/p-1. The van der Waals surface area contributed by atoms with Gasteiger partial charge in [0.25, 0.3) is 0 Å². The molecule has 0 atom stereocenters. The third-order valence-electron chi connectivity index (χ3n) is 3.08. The maximum absolute atomic E-state index is 10.3. The van der Waals surface area contributed by atoms with Gasteiger partial charge >= 0.3 is 29.6 Å². The van der Waals surface area contributed by atoms with Gasteiger partial charge in [-0.25, -0.2) is 8.42 Å². The zero-order valence-electron chi connectivity index (χ0n) is 12.7. The molecule has 109 valence electrons. The molecule has 0 amide bonds. The molecule has 0 aromatic carbocycles. The molecule has 0 bridgehead atoms. The molecule has 0 rings (SSSR count). The molecule has 19 heavy (non-hydrogen) atoms. The smallest absolute Gasteiger partial charge is 0.748 e. The Balaban J connectivity index is 0. The third kappa shape index (κ3) is 21.4. The Morgan fingerprint density at radius 2 is 1.26 bits per heavy atom. The van der Waals surface area contributed by atoms with Crippen molar-refractivity contribution >= 4 is 10.1 Å². The van der Waals surface area contributed by atoms with Crippen LogP contribution < -0.4 is 29.6 Å². The maximum Gasteiger partial charge on any atom is 1.00 e. The van der Waals surface area contributed by atoms with Crippen LogP contribution in [-0.2, 0) is 10.1 Å². The van der Waals surface area contributed by atoms with Gasteiger partial charge in [-0.3, -0.25) is 0 Å². The van der Waals surface area contributed by atoms with Crippen LogP contribution in [0.1, 0.15) is 77.6 Å². The van der Waals surface area contributed by atoms with E-state index in [1.54, 1.807) is 6.42 Å². The van der Waals surface area contributed by atoms with Crippen LogP contribution in [0.3, 0.4) is 0 Å². The van der Waals surface area contributed by atoms with Gasteiger partial charge in [-0.15, -0.1) is 0 Å². The quantitative estimate of drug-likeness (QED) is 0.290. The molecule has 0 aromatic heterocycles. The van der Waals surface area contributed by atoms with Gasteiger partial charge < -0.3 is 4.55 Å². The molecule has 0 fully saturated rings. The zero-order chi connectivity index (χ0) is 13.7. The molecular weight excluding hydrogens is 271 g/mol. The number of rotatable bonds is 13. The van der Waals surface area contributed by atoms with Crippen LogP contribution in [0.4, 0.5) is 0 Å². The summed E-state index contributed by atoms with van der Waals surface area (Å²) in [7, 11) is -4.04. The first-order valence-electron chi connectivity index (χ1n) is 7.31. The average Bonchev–Trinajstić information content (AvgIpc) is 2.29. The summed E-state index contributed by atoms with van der Waals surface area (Å²) in [6.07, 6.45) is 15.1. The Labute approximate surface area is 142 Å². The average molecular weight is 299 g/mol. The summed E-state index contributed by atoms with van der Waals surface area (Å²) in [6.45, 7) is 2.23. The van der Waals surface area contributed by atoms with E-state index in [9.17, 15) is 13.0 Å². The second kappa shape index (κ2) is 15.3. The van der Waals surface area contributed by atoms with Gasteiger partial charge in [0.15, 0.2) is 0 Å². The van der Waals surface area contributed by atoms with Crippen LogP contribution in [0, 0.1) is 6.42 Å². The largest absolute Gasteiger partial charge is 1.00 e. The van der Waals surface area contributed by atoms with E-state index < -0.39 is 10.1 Å². The van der Waals surface area contributed by atoms with Crippen molar-refractivity contribution < 1.29 is 42.5 Å². The summed E-state index contributed by atoms with van der Waals surface area (Å²) in [5, 5.41) is 0. The summed E-state index contributed by atoms with van der Waals surface area (Å²) in [5.74, 6) is -0.315. The third-order valence-corrected chi connectivity index (χ3v) is 3.73. The molecule has 0 unspecified atom stereocenters. The second-order valence-corrected chi connectivity index (χ2v) is 6.43. The normalized spacial score (nSPS) is 11.3. The van der Waals surface area contributed by atoms with Gasteiger partial charge in [-0.2, -0.15) is 0 Å². The predicted molar refractivity (Wildman–Crippen MR) is 75.3 cm³/mol. The Hall–Kier alpha value is 0.910. The summed E-state index contributed by atoms with van der Waals surface area (Å²) >= 11 is 0. The molecule has 0 aliphatic heterocycles. The molecule has 5 heteroatoms. The van der Waals surface area contributed by atoms with Gasteiger partial charge in [-0.1, -0.05) is 71.1 Å². The van der Waals surface area contributed by atoms with Crippen molar-refractivity contribution in [1.82, 2.24) is 0 Å². The first-order valence-corrected chi connectivity index (χ1v) is 8.89. The molecule has 3 nitrogen and oxygen atoms in total. The van der Waals surface area contributed by atoms with E-state index in [4.69, 9.17) is 0 Å². The Kier molecular flexibility index (Phi) is 17.9. The van der Waals surface area contributed by atoms with E-state index in [1.807, 2.05) is 0 Å². The van der Waals surface area contributed by atoms with Crippen molar-refractivity contribution in [2.75, 3.05) is 5.75 Å². The van der Waals surface area contributed by atoms with E-state index in [-0.39, 0.29) is 35.3 Å². The molecule has 0 aliphatic carbocycles. The fraction of sp³-hybridized carbons (Fsp3) is 0.929. The van der Waals surface area contributed by atoms with E-state index >= 15 is 0 Å². The fourth-order valence-corrected chi connectivity index (χ4v) is 2.46. The van der Waals surface area contributed by atoms with Crippen molar-refractivity contribution in [2.45, 2.75) is 77.6 Å². The van der Waals surface area contributed by atoms with E-state index in [2.05, 4.69) is 6.92 Å². The zero-order valence-corrected chi connectivity index (χ0v) is 15.5. The van der Waals surface area contributed by atoms with Gasteiger partial charge in [0.1, 0.15) is 0 Å². The summed E-state index contributed by atoms with van der Waals surface area (Å²) < 4.78 is 31.0. The van der Waals surface area contributed by atoms with Crippen molar-refractivity contribution in [3.8, 4) is 0 Å². The van der Waals surface area contributed by atoms with E-state index in [0.29, 0.717) is 0 Å².